The first-order valence-electron chi connectivity index (χ1n) is 5.01. The molecule has 0 atom stereocenters. The third-order valence-electron chi connectivity index (χ3n) is 2.01. The van der Waals surface area contributed by atoms with Crippen LogP contribution in [-0.2, 0) is 7.86 Å². The van der Waals surface area contributed by atoms with Crippen LogP contribution in [0.2, 0.25) is 0 Å². The summed E-state index contributed by atoms with van der Waals surface area (Å²) in [6, 6.07) is 9.74. The molecular formula is C12H15INO2-. The molecule has 0 aliphatic rings. The second-order valence-corrected chi connectivity index (χ2v) is 5.38. The van der Waals surface area contributed by atoms with Crippen LogP contribution in [0.5, 0.6) is 0 Å². The van der Waals surface area contributed by atoms with E-state index < -0.39 is 21.6 Å². The van der Waals surface area contributed by atoms with E-state index in [2.05, 4.69) is 0 Å². The molecule has 0 saturated carbocycles. The number of benzene rings is 1. The van der Waals surface area contributed by atoms with Crippen LogP contribution in [0.15, 0.2) is 41.6 Å². The van der Waals surface area contributed by atoms with Crippen LogP contribution >= 0.6 is 0 Å². The van der Waals surface area contributed by atoms with Crippen molar-refractivity contribution in [2.24, 2.45) is 5.73 Å². The third kappa shape index (κ3) is 3.84. The summed E-state index contributed by atoms with van der Waals surface area (Å²) in [5.41, 5.74) is 6.73. The van der Waals surface area contributed by atoms with Crippen LogP contribution in [0.25, 0.3) is 0 Å². The van der Waals surface area contributed by atoms with Crippen LogP contribution in [0.3, 0.4) is 0 Å². The average molecular weight is 332 g/mol. The van der Waals surface area contributed by atoms with Crippen molar-refractivity contribution in [3.8, 4) is 0 Å². The number of allylic oxidation sites excluding steroid dienone is 1. The number of nitrogens with two attached hydrogens (primary N) is 1. The summed E-state index contributed by atoms with van der Waals surface area (Å²) in [7, 11) is 0. The number of carbonyl (C=O) groups is 1. The molecule has 3 nitrogen and oxygen atoms in total. The van der Waals surface area contributed by atoms with Gasteiger partial charge in [0.25, 0.3) is 0 Å². The van der Waals surface area contributed by atoms with E-state index in [1.54, 1.807) is 6.92 Å². The van der Waals surface area contributed by atoms with Crippen molar-refractivity contribution < 1.29 is 29.5 Å². The first kappa shape index (κ1) is 13.0. The standard InChI is InChI=1S/C12H15INO2/c1-3-11(9(2)14)12(15)16-13-10-7-5-4-6-8-10/h4-8H,3,14H2,1-2H3/q-1/b11-9+. The Morgan fingerprint density at radius 1 is 1.38 bits per heavy atom. The van der Waals surface area contributed by atoms with Crippen molar-refractivity contribution >= 4 is 5.97 Å². The normalized spacial score (nSPS) is 12.1. The monoisotopic (exact) mass is 332 g/mol. The van der Waals surface area contributed by atoms with E-state index in [9.17, 15) is 4.79 Å². The molecule has 0 aliphatic heterocycles. The Balaban J connectivity index is 2.57. The van der Waals surface area contributed by atoms with Gasteiger partial charge in [0.05, 0.1) is 0 Å². The van der Waals surface area contributed by atoms with E-state index in [0.717, 1.165) is 3.57 Å². The zero-order valence-electron chi connectivity index (χ0n) is 9.37. The molecule has 0 amide bonds. The van der Waals surface area contributed by atoms with E-state index in [0.29, 0.717) is 17.7 Å². The fourth-order valence-corrected chi connectivity index (χ4v) is 2.61. The zero-order chi connectivity index (χ0) is 12.0. The summed E-state index contributed by atoms with van der Waals surface area (Å²) in [6.07, 6.45) is 0.611. The van der Waals surface area contributed by atoms with Gasteiger partial charge in [-0.2, -0.15) is 0 Å². The first-order valence-corrected chi connectivity index (χ1v) is 6.97. The molecule has 16 heavy (non-hydrogen) atoms. The van der Waals surface area contributed by atoms with Gasteiger partial charge < -0.3 is 0 Å². The number of carbonyl (C=O) groups excluding carboxylic acids is 1. The summed E-state index contributed by atoms with van der Waals surface area (Å²) < 4.78 is 6.36. The number of hydrogen-bond acceptors (Lipinski definition) is 3. The van der Waals surface area contributed by atoms with Gasteiger partial charge in [-0.25, -0.2) is 0 Å². The van der Waals surface area contributed by atoms with E-state index >= 15 is 0 Å². The fraction of sp³-hybridized carbons (Fsp3) is 0.250. The van der Waals surface area contributed by atoms with Crippen molar-refractivity contribution in [2.75, 3.05) is 0 Å². The average Bonchev–Trinajstić information content (AvgIpc) is 2.28. The van der Waals surface area contributed by atoms with Gasteiger partial charge in [0.2, 0.25) is 0 Å². The predicted molar refractivity (Wildman–Crippen MR) is 58.4 cm³/mol. The van der Waals surface area contributed by atoms with E-state index in [-0.39, 0.29) is 5.97 Å². The second-order valence-electron chi connectivity index (χ2n) is 3.25. The molecule has 0 bridgehead atoms. The van der Waals surface area contributed by atoms with Crippen molar-refractivity contribution in [1.82, 2.24) is 0 Å². The van der Waals surface area contributed by atoms with Gasteiger partial charge in [-0.05, 0) is 0 Å². The Morgan fingerprint density at radius 2 is 2.00 bits per heavy atom. The number of halogens is 1. The molecular weight excluding hydrogens is 317 g/mol. The van der Waals surface area contributed by atoms with E-state index in [1.165, 1.54) is 0 Å². The summed E-state index contributed by atoms with van der Waals surface area (Å²) in [4.78, 5) is 11.7. The van der Waals surface area contributed by atoms with Gasteiger partial charge in [0.15, 0.2) is 0 Å². The summed E-state index contributed by atoms with van der Waals surface area (Å²) >= 11 is -0.718. The molecule has 0 radical (unpaired) electrons. The van der Waals surface area contributed by atoms with Crippen LogP contribution in [-0.4, -0.2) is 5.97 Å². The van der Waals surface area contributed by atoms with Crippen molar-refractivity contribution in [3.63, 3.8) is 0 Å². The topological polar surface area (TPSA) is 52.3 Å². The van der Waals surface area contributed by atoms with Gasteiger partial charge in [-0.1, -0.05) is 0 Å². The first-order chi connectivity index (χ1) is 7.65. The Labute approximate surface area is 106 Å². The van der Waals surface area contributed by atoms with Crippen LogP contribution in [0, 0.1) is 3.57 Å². The maximum absolute atomic E-state index is 11.7. The minimum absolute atomic E-state index is 0.279. The summed E-state index contributed by atoms with van der Waals surface area (Å²) in [5.74, 6) is -0.279. The van der Waals surface area contributed by atoms with Gasteiger partial charge >= 0.3 is 107 Å². The quantitative estimate of drug-likeness (QED) is 0.571. The third-order valence-corrected chi connectivity index (χ3v) is 3.85. The fourth-order valence-electron chi connectivity index (χ4n) is 1.18. The van der Waals surface area contributed by atoms with Crippen LogP contribution in [0.1, 0.15) is 20.3 Å². The SMILES string of the molecule is CC/C(C(=O)O[I-]c1ccccc1)=C(/C)N. The molecule has 0 saturated heterocycles. The minimum atomic E-state index is -0.718. The van der Waals surface area contributed by atoms with Crippen molar-refractivity contribution in [1.29, 1.82) is 0 Å². The van der Waals surface area contributed by atoms with Gasteiger partial charge in [-0.15, -0.1) is 0 Å². The molecule has 0 aromatic heterocycles. The van der Waals surface area contributed by atoms with Gasteiger partial charge in [0, 0.05) is 0 Å². The number of rotatable bonds is 4. The molecule has 0 unspecified atom stereocenters. The molecule has 88 valence electrons. The maximum atomic E-state index is 11.7. The molecule has 0 spiro atoms. The van der Waals surface area contributed by atoms with Crippen molar-refractivity contribution in [2.45, 2.75) is 20.3 Å². The van der Waals surface area contributed by atoms with Gasteiger partial charge in [0.1, 0.15) is 0 Å². The summed E-state index contributed by atoms with van der Waals surface area (Å²) in [5, 5.41) is 0. The Hall–Kier alpha value is -1.04. The molecule has 2 N–H and O–H groups in total. The molecule has 1 aromatic rings. The predicted octanol–water partition coefficient (Wildman–Crippen LogP) is -0.954. The van der Waals surface area contributed by atoms with E-state index in [1.807, 2.05) is 37.3 Å². The van der Waals surface area contributed by atoms with Crippen LogP contribution < -0.4 is 27.4 Å². The molecule has 1 aromatic carbocycles. The summed E-state index contributed by atoms with van der Waals surface area (Å²) in [6.45, 7) is 3.62. The molecule has 4 heteroatoms. The van der Waals surface area contributed by atoms with Crippen molar-refractivity contribution in [3.05, 3.63) is 45.2 Å². The molecule has 0 heterocycles. The number of hydrogen-bond donors (Lipinski definition) is 1. The second kappa shape index (κ2) is 6.52. The Morgan fingerprint density at radius 3 is 2.50 bits per heavy atom. The van der Waals surface area contributed by atoms with Gasteiger partial charge in [-0.3, -0.25) is 0 Å². The molecule has 1 rings (SSSR count). The Kier molecular flexibility index (Phi) is 5.31. The molecule has 0 fully saturated rings. The molecule has 0 aliphatic carbocycles. The Bertz CT molecular complexity index is 383. The van der Waals surface area contributed by atoms with Crippen LogP contribution in [0.4, 0.5) is 0 Å². The van der Waals surface area contributed by atoms with E-state index in [4.69, 9.17) is 8.80 Å². The zero-order valence-corrected chi connectivity index (χ0v) is 11.5.